The van der Waals surface area contributed by atoms with Crippen LogP contribution in [0.25, 0.3) is 0 Å². The van der Waals surface area contributed by atoms with E-state index in [0.29, 0.717) is 0 Å². The summed E-state index contributed by atoms with van der Waals surface area (Å²) in [5.41, 5.74) is 1.17. The van der Waals surface area contributed by atoms with E-state index in [-0.39, 0.29) is 5.56 Å². The highest BCUT2D eigenvalue weighted by Crippen LogP contribution is 1.92. The SMILES string of the molecule is CC.CCc1ccn(C)c(=O)c1. The van der Waals surface area contributed by atoms with Gasteiger partial charge >= 0.3 is 0 Å². The van der Waals surface area contributed by atoms with Gasteiger partial charge in [0.1, 0.15) is 0 Å². The van der Waals surface area contributed by atoms with E-state index in [1.807, 2.05) is 26.8 Å². The molecule has 0 N–H and O–H groups in total. The zero-order chi connectivity index (χ0) is 9.56. The summed E-state index contributed by atoms with van der Waals surface area (Å²) in [5.74, 6) is 0. The fraction of sp³-hybridized carbons (Fsp3) is 0.500. The summed E-state index contributed by atoms with van der Waals surface area (Å²) >= 11 is 0. The van der Waals surface area contributed by atoms with E-state index in [1.165, 1.54) is 0 Å². The summed E-state index contributed by atoms with van der Waals surface area (Å²) in [5, 5.41) is 0. The Kier molecular flexibility index (Phi) is 5.09. The van der Waals surface area contributed by atoms with E-state index in [2.05, 4.69) is 0 Å². The molecule has 12 heavy (non-hydrogen) atoms. The molecule has 0 unspecified atom stereocenters. The predicted octanol–water partition coefficient (Wildman–Crippen LogP) is 1.97. The molecule has 0 radical (unpaired) electrons. The number of rotatable bonds is 1. The van der Waals surface area contributed by atoms with Gasteiger partial charge < -0.3 is 4.57 Å². The number of hydrogen-bond donors (Lipinski definition) is 0. The number of aromatic nitrogens is 1. The lowest BCUT2D eigenvalue weighted by Gasteiger charge is -1.97. The molecule has 1 rings (SSSR count). The molecule has 0 amide bonds. The van der Waals surface area contributed by atoms with Crippen LogP contribution in [0.2, 0.25) is 0 Å². The number of pyridine rings is 1. The Hall–Kier alpha value is -1.05. The quantitative estimate of drug-likeness (QED) is 0.626. The molecular formula is C10H17NO. The third-order valence-corrected chi connectivity index (χ3v) is 1.58. The molecule has 0 aliphatic carbocycles. The van der Waals surface area contributed by atoms with Crippen molar-refractivity contribution in [3.63, 3.8) is 0 Å². The van der Waals surface area contributed by atoms with Gasteiger partial charge in [0.2, 0.25) is 0 Å². The van der Waals surface area contributed by atoms with E-state index >= 15 is 0 Å². The molecule has 0 bridgehead atoms. The molecule has 0 aromatic carbocycles. The van der Waals surface area contributed by atoms with E-state index in [1.54, 1.807) is 23.9 Å². The minimum absolute atomic E-state index is 0.0688. The summed E-state index contributed by atoms with van der Waals surface area (Å²) in [6.07, 6.45) is 2.72. The number of hydrogen-bond acceptors (Lipinski definition) is 1. The van der Waals surface area contributed by atoms with Gasteiger partial charge in [0.15, 0.2) is 0 Å². The van der Waals surface area contributed by atoms with Crippen molar-refractivity contribution in [2.45, 2.75) is 27.2 Å². The molecule has 0 fully saturated rings. The van der Waals surface area contributed by atoms with Crippen LogP contribution in [0, 0.1) is 0 Å². The van der Waals surface area contributed by atoms with Crippen LogP contribution in [0.15, 0.2) is 23.1 Å². The summed E-state index contributed by atoms with van der Waals surface area (Å²) in [4.78, 5) is 11.0. The molecule has 1 aromatic heterocycles. The third kappa shape index (κ3) is 2.91. The lowest BCUT2D eigenvalue weighted by molar-refractivity contribution is 0.850. The van der Waals surface area contributed by atoms with Gasteiger partial charge in [0, 0.05) is 19.3 Å². The van der Waals surface area contributed by atoms with Crippen LogP contribution in [-0.4, -0.2) is 4.57 Å². The van der Waals surface area contributed by atoms with Crippen molar-refractivity contribution in [3.05, 3.63) is 34.2 Å². The van der Waals surface area contributed by atoms with Crippen LogP contribution in [0.3, 0.4) is 0 Å². The van der Waals surface area contributed by atoms with Gasteiger partial charge in [0.05, 0.1) is 0 Å². The van der Waals surface area contributed by atoms with Crippen LogP contribution in [0.5, 0.6) is 0 Å². The predicted molar refractivity (Wildman–Crippen MR) is 52.4 cm³/mol. The Morgan fingerprint density at radius 2 is 2.00 bits per heavy atom. The summed E-state index contributed by atoms with van der Waals surface area (Å²) in [7, 11) is 1.75. The van der Waals surface area contributed by atoms with Crippen LogP contribution in [0.1, 0.15) is 26.3 Å². The van der Waals surface area contributed by atoms with Crippen molar-refractivity contribution < 1.29 is 0 Å². The summed E-state index contributed by atoms with van der Waals surface area (Å²) in [6.45, 7) is 6.04. The molecule has 0 spiro atoms. The van der Waals surface area contributed by atoms with Gasteiger partial charge in [-0.15, -0.1) is 0 Å². The van der Waals surface area contributed by atoms with Crippen LogP contribution in [-0.2, 0) is 13.5 Å². The molecule has 0 atom stereocenters. The largest absolute Gasteiger partial charge is 0.319 e. The van der Waals surface area contributed by atoms with Gasteiger partial charge in [-0.1, -0.05) is 20.8 Å². The minimum atomic E-state index is 0.0688. The standard InChI is InChI=1S/C8H11NO.C2H6/c1-3-7-4-5-9(2)8(10)6-7;1-2/h4-6H,3H2,1-2H3;1-2H3. The molecular weight excluding hydrogens is 150 g/mol. The Morgan fingerprint density at radius 3 is 2.42 bits per heavy atom. The van der Waals surface area contributed by atoms with E-state index in [0.717, 1.165) is 12.0 Å². The molecule has 0 saturated carbocycles. The highest BCUT2D eigenvalue weighted by Gasteiger charge is 1.90. The smallest absolute Gasteiger partial charge is 0.250 e. The summed E-state index contributed by atoms with van der Waals surface area (Å²) in [6, 6.07) is 3.63. The van der Waals surface area contributed by atoms with Gasteiger partial charge in [-0.2, -0.15) is 0 Å². The second-order valence-electron chi connectivity index (χ2n) is 2.34. The second kappa shape index (κ2) is 5.58. The average molecular weight is 167 g/mol. The van der Waals surface area contributed by atoms with E-state index in [9.17, 15) is 4.79 Å². The zero-order valence-electron chi connectivity index (χ0n) is 8.29. The maximum absolute atomic E-state index is 11.0. The Labute approximate surface area is 73.9 Å². The van der Waals surface area contributed by atoms with Crippen molar-refractivity contribution >= 4 is 0 Å². The molecule has 1 aromatic rings. The van der Waals surface area contributed by atoms with Crippen molar-refractivity contribution in [2.24, 2.45) is 7.05 Å². The lowest BCUT2D eigenvalue weighted by Crippen LogP contribution is -2.14. The fourth-order valence-corrected chi connectivity index (χ4v) is 0.809. The topological polar surface area (TPSA) is 22.0 Å². The first-order chi connectivity index (χ1) is 5.74. The van der Waals surface area contributed by atoms with Crippen LogP contribution < -0.4 is 5.56 Å². The van der Waals surface area contributed by atoms with Crippen molar-refractivity contribution in [2.75, 3.05) is 0 Å². The van der Waals surface area contributed by atoms with Gasteiger partial charge in [-0.3, -0.25) is 4.79 Å². The second-order valence-corrected chi connectivity index (χ2v) is 2.34. The Morgan fingerprint density at radius 1 is 1.42 bits per heavy atom. The maximum atomic E-state index is 11.0. The molecule has 0 aliphatic rings. The Balaban J connectivity index is 0.000000561. The highest BCUT2D eigenvalue weighted by molar-refractivity contribution is 5.09. The maximum Gasteiger partial charge on any atom is 0.250 e. The molecule has 0 saturated heterocycles. The molecule has 68 valence electrons. The van der Waals surface area contributed by atoms with Crippen molar-refractivity contribution in [1.29, 1.82) is 0 Å². The average Bonchev–Trinajstić information content (AvgIpc) is 2.13. The molecule has 2 heteroatoms. The van der Waals surface area contributed by atoms with Gasteiger partial charge in [-0.25, -0.2) is 0 Å². The first kappa shape index (κ1) is 11.0. The fourth-order valence-electron chi connectivity index (χ4n) is 0.809. The first-order valence-electron chi connectivity index (χ1n) is 4.39. The highest BCUT2D eigenvalue weighted by atomic mass is 16.1. The lowest BCUT2D eigenvalue weighted by atomic mass is 10.2. The van der Waals surface area contributed by atoms with Gasteiger partial charge in [0.25, 0.3) is 5.56 Å². The first-order valence-corrected chi connectivity index (χ1v) is 4.39. The van der Waals surface area contributed by atoms with Crippen molar-refractivity contribution in [3.8, 4) is 0 Å². The van der Waals surface area contributed by atoms with E-state index < -0.39 is 0 Å². The molecule has 0 aliphatic heterocycles. The monoisotopic (exact) mass is 167 g/mol. The van der Waals surface area contributed by atoms with E-state index in [4.69, 9.17) is 0 Å². The normalized spacial score (nSPS) is 8.67. The number of nitrogens with zero attached hydrogens (tertiary/aromatic N) is 1. The number of aryl methyl sites for hydroxylation is 2. The minimum Gasteiger partial charge on any atom is -0.319 e. The third-order valence-electron chi connectivity index (χ3n) is 1.58. The Bertz CT molecular complexity index is 275. The van der Waals surface area contributed by atoms with Crippen LogP contribution in [0.4, 0.5) is 0 Å². The zero-order valence-corrected chi connectivity index (χ0v) is 8.29. The van der Waals surface area contributed by atoms with Gasteiger partial charge in [-0.05, 0) is 18.1 Å². The summed E-state index contributed by atoms with van der Waals surface area (Å²) < 4.78 is 1.57. The molecule has 2 nitrogen and oxygen atoms in total. The van der Waals surface area contributed by atoms with Crippen molar-refractivity contribution in [1.82, 2.24) is 4.57 Å². The molecule has 1 heterocycles. The van der Waals surface area contributed by atoms with Crippen LogP contribution >= 0.6 is 0 Å².